The van der Waals surface area contributed by atoms with Crippen LogP contribution in [0.3, 0.4) is 0 Å². The summed E-state index contributed by atoms with van der Waals surface area (Å²) in [6.45, 7) is 0. The molecule has 6 nitrogen and oxygen atoms in total. The molecule has 2 atom stereocenters. The number of aldehydes is 1. The van der Waals surface area contributed by atoms with Crippen LogP contribution in [0.2, 0.25) is 5.32 Å². The summed E-state index contributed by atoms with van der Waals surface area (Å²) in [6, 6.07) is -1.57. The van der Waals surface area contributed by atoms with Crippen LogP contribution in [0.5, 0.6) is 0 Å². The van der Waals surface area contributed by atoms with Gasteiger partial charge in [-0.1, -0.05) is 0 Å². The van der Waals surface area contributed by atoms with E-state index in [-0.39, 0.29) is 18.2 Å². The molecule has 0 saturated carbocycles. The monoisotopic (exact) mass is 282 g/mol. The van der Waals surface area contributed by atoms with Crippen LogP contribution in [0.15, 0.2) is 0 Å². The summed E-state index contributed by atoms with van der Waals surface area (Å²) in [4.78, 5) is 31.9. The van der Waals surface area contributed by atoms with Crippen molar-refractivity contribution in [1.29, 1.82) is 0 Å². The Morgan fingerprint density at radius 1 is 1.53 bits per heavy atom. The SMILES string of the molecule is N[C@H](C=O)CCC(=O)N[C@@H](C[SeH])C(=O)O. The molecular formula is C8H14N2O4Se. The zero-order valence-corrected chi connectivity index (χ0v) is 9.93. The van der Waals surface area contributed by atoms with Crippen LogP contribution in [0.25, 0.3) is 0 Å². The standard InChI is InChI=1S/C8H14N2O4Se/c9-5(3-11)1-2-7(12)10-6(4-15)8(13)14/h3,5-6,15H,1-2,4,9H2,(H,10,12)(H,13,14)/t5-,6-/m0/s1. The van der Waals surface area contributed by atoms with E-state index in [0.29, 0.717) is 6.29 Å². The van der Waals surface area contributed by atoms with E-state index in [1.165, 1.54) is 0 Å². The number of carbonyl (C=O) groups excluding carboxylic acids is 2. The fraction of sp³-hybridized carbons (Fsp3) is 0.625. The Bertz CT molecular complexity index is 247. The third kappa shape index (κ3) is 6.22. The summed E-state index contributed by atoms with van der Waals surface area (Å²) in [6.07, 6.45) is 0.829. The van der Waals surface area contributed by atoms with Crippen molar-refractivity contribution in [2.75, 3.05) is 0 Å². The van der Waals surface area contributed by atoms with E-state index >= 15 is 0 Å². The molecule has 0 aromatic carbocycles. The van der Waals surface area contributed by atoms with Gasteiger partial charge < -0.3 is 0 Å². The molecule has 0 aromatic rings. The first-order valence-corrected chi connectivity index (χ1v) is 5.67. The van der Waals surface area contributed by atoms with Gasteiger partial charge in [0.05, 0.1) is 0 Å². The second-order valence-electron chi connectivity index (χ2n) is 2.98. The fourth-order valence-electron chi connectivity index (χ4n) is 0.818. The molecule has 0 unspecified atom stereocenters. The number of hydrogen-bond acceptors (Lipinski definition) is 4. The normalized spacial score (nSPS) is 14.0. The Labute approximate surface area is 95.4 Å². The third-order valence-electron chi connectivity index (χ3n) is 1.70. The molecule has 0 spiro atoms. The van der Waals surface area contributed by atoms with Crippen molar-refractivity contribution < 1.29 is 19.5 Å². The molecular weight excluding hydrogens is 267 g/mol. The molecule has 0 aromatic heterocycles. The van der Waals surface area contributed by atoms with Crippen LogP contribution in [-0.2, 0) is 14.4 Å². The Morgan fingerprint density at radius 3 is 2.53 bits per heavy atom. The van der Waals surface area contributed by atoms with Crippen molar-refractivity contribution in [2.24, 2.45) is 5.73 Å². The van der Waals surface area contributed by atoms with Crippen LogP contribution in [0.1, 0.15) is 12.8 Å². The third-order valence-corrected chi connectivity index (χ3v) is 2.46. The van der Waals surface area contributed by atoms with E-state index in [1.807, 2.05) is 0 Å². The van der Waals surface area contributed by atoms with Gasteiger partial charge in [0.15, 0.2) is 0 Å². The summed E-state index contributed by atoms with van der Waals surface area (Å²) in [7, 11) is 0. The predicted octanol–water partition coefficient (Wildman–Crippen LogP) is -1.82. The van der Waals surface area contributed by atoms with E-state index in [2.05, 4.69) is 21.3 Å². The van der Waals surface area contributed by atoms with Crippen LogP contribution in [0.4, 0.5) is 0 Å². The summed E-state index contributed by atoms with van der Waals surface area (Å²) in [5.74, 6) is -1.49. The van der Waals surface area contributed by atoms with Crippen molar-refractivity contribution in [3.8, 4) is 0 Å². The Kier molecular flexibility index (Phi) is 6.94. The van der Waals surface area contributed by atoms with E-state index in [1.54, 1.807) is 0 Å². The summed E-state index contributed by atoms with van der Waals surface area (Å²) in [5, 5.41) is 11.2. The number of nitrogens with one attached hydrogen (secondary N) is 1. The molecule has 0 saturated heterocycles. The zero-order valence-electron chi connectivity index (χ0n) is 8.05. The molecule has 7 heteroatoms. The first-order chi connectivity index (χ1) is 7.01. The number of aliphatic carboxylic acids is 1. The molecule has 0 aliphatic carbocycles. The van der Waals surface area contributed by atoms with E-state index in [4.69, 9.17) is 10.8 Å². The van der Waals surface area contributed by atoms with Crippen molar-refractivity contribution in [2.45, 2.75) is 30.2 Å². The first-order valence-electron chi connectivity index (χ1n) is 4.35. The van der Waals surface area contributed by atoms with E-state index in [9.17, 15) is 14.4 Å². The van der Waals surface area contributed by atoms with Crippen molar-refractivity contribution in [1.82, 2.24) is 5.32 Å². The number of rotatable bonds is 7. The molecule has 0 bridgehead atoms. The zero-order chi connectivity index (χ0) is 11.8. The molecule has 15 heavy (non-hydrogen) atoms. The summed E-state index contributed by atoms with van der Waals surface area (Å²) >= 11 is 2.10. The number of hydrogen-bond donors (Lipinski definition) is 3. The molecule has 86 valence electrons. The Morgan fingerprint density at radius 2 is 2.13 bits per heavy atom. The van der Waals surface area contributed by atoms with Gasteiger partial charge in [-0.25, -0.2) is 0 Å². The molecule has 0 fully saturated rings. The van der Waals surface area contributed by atoms with Gasteiger partial charge in [0.25, 0.3) is 0 Å². The van der Waals surface area contributed by atoms with Gasteiger partial charge in [0.2, 0.25) is 0 Å². The number of carboxylic acids is 1. The molecule has 0 aliphatic rings. The average Bonchev–Trinajstić information content (AvgIpc) is 2.21. The molecule has 4 N–H and O–H groups in total. The van der Waals surface area contributed by atoms with E-state index < -0.39 is 24.0 Å². The van der Waals surface area contributed by atoms with Crippen molar-refractivity contribution in [3.63, 3.8) is 0 Å². The summed E-state index contributed by atoms with van der Waals surface area (Å²) in [5.41, 5.74) is 5.28. The predicted molar refractivity (Wildman–Crippen MR) is 54.8 cm³/mol. The van der Waals surface area contributed by atoms with Gasteiger partial charge in [-0.3, -0.25) is 0 Å². The van der Waals surface area contributed by atoms with Crippen LogP contribution < -0.4 is 11.1 Å². The first kappa shape index (κ1) is 14.1. The topological polar surface area (TPSA) is 109 Å². The maximum atomic E-state index is 11.2. The molecule has 1 amide bonds. The summed E-state index contributed by atoms with van der Waals surface area (Å²) < 4.78 is 0. The number of carbonyl (C=O) groups is 3. The maximum absolute atomic E-state index is 11.2. The molecule has 0 aliphatic heterocycles. The molecule has 0 rings (SSSR count). The number of carboxylic acid groups (broad SMARTS) is 1. The van der Waals surface area contributed by atoms with Crippen molar-refractivity contribution >= 4 is 34.2 Å². The van der Waals surface area contributed by atoms with Gasteiger partial charge in [0.1, 0.15) is 0 Å². The molecule has 0 radical (unpaired) electrons. The van der Waals surface area contributed by atoms with Crippen LogP contribution >= 0.6 is 0 Å². The second kappa shape index (κ2) is 7.39. The minimum absolute atomic E-state index is 0.0523. The van der Waals surface area contributed by atoms with Gasteiger partial charge in [-0.15, -0.1) is 0 Å². The van der Waals surface area contributed by atoms with Crippen molar-refractivity contribution in [3.05, 3.63) is 0 Å². The van der Waals surface area contributed by atoms with Gasteiger partial charge in [-0.05, 0) is 0 Å². The van der Waals surface area contributed by atoms with Crippen LogP contribution in [-0.4, -0.2) is 51.4 Å². The minimum atomic E-state index is -1.08. The number of nitrogens with two attached hydrogens (primary N) is 1. The fourth-order valence-corrected chi connectivity index (χ4v) is 1.34. The Balaban J connectivity index is 3.91. The average molecular weight is 281 g/mol. The van der Waals surface area contributed by atoms with Crippen LogP contribution in [0, 0.1) is 0 Å². The van der Waals surface area contributed by atoms with E-state index in [0.717, 1.165) is 0 Å². The van der Waals surface area contributed by atoms with Gasteiger partial charge in [0, 0.05) is 0 Å². The van der Waals surface area contributed by atoms with Gasteiger partial charge >= 0.3 is 95.0 Å². The number of amides is 1. The molecule has 0 heterocycles. The quantitative estimate of drug-likeness (QED) is 0.376. The van der Waals surface area contributed by atoms with Gasteiger partial charge in [-0.2, -0.15) is 0 Å². The second-order valence-corrected chi connectivity index (χ2v) is 3.75. The Hall–Kier alpha value is -0.911.